The molecular weight excluding hydrogens is 196 g/mol. The van der Waals surface area contributed by atoms with E-state index in [0.717, 1.165) is 0 Å². The van der Waals surface area contributed by atoms with Crippen LogP contribution in [-0.2, 0) is 14.3 Å². The maximum Gasteiger partial charge on any atom is 0.303 e. The first-order valence-corrected chi connectivity index (χ1v) is 5.41. The number of carbonyl (C=O) groups is 2. The molecule has 0 saturated heterocycles. The molecule has 1 N–H and O–H groups in total. The van der Waals surface area contributed by atoms with Crippen molar-refractivity contribution in [2.24, 2.45) is 0 Å². The average Bonchev–Trinajstić information content (AvgIpc) is 2.22. The zero-order chi connectivity index (χ0) is 11.9. The van der Waals surface area contributed by atoms with Gasteiger partial charge in [0, 0.05) is 13.0 Å². The summed E-state index contributed by atoms with van der Waals surface area (Å²) < 4.78 is 5.48. The highest BCUT2D eigenvalue weighted by molar-refractivity contribution is 5.89. The monoisotopic (exact) mass is 216 g/mol. The third-order valence-corrected chi connectivity index (χ3v) is 2.64. The molecule has 0 atom stereocenters. The molecule has 0 heterocycles. The molecule has 0 spiro atoms. The van der Waals surface area contributed by atoms with Crippen molar-refractivity contribution in [3.63, 3.8) is 0 Å². The Bertz CT molecular complexity index is 219. The summed E-state index contributed by atoms with van der Waals surface area (Å²) in [6, 6.07) is 0. The molecule has 0 radical (unpaired) electrons. The predicted octanol–water partition coefficient (Wildman–Crippen LogP) is 2.02. The predicted molar refractivity (Wildman–Crippen MR) is 56.8 cm³/mol. The lowest BCUT2D eigenvalue weighted by atomic mass is 9.89. The maximum atomic E-state index is 11.8. The molecule has 0 aromatic carbocycles. The van der Waals surface area contributed by atoms with Crippen LogP contribution >= 0.6 is 0 Å². The van der Waals surface area contributed by atoms with Gasteiger partial charge < -0.3 is 9.84 Å². The number of carboxylic acid groups (broad SMARTS) is 1. The minimum Gasteiger partial charge on any atom is -0.481 e. The van der Waals surface area contributed by atoms with Crippen LogP contribution < -0.4 is 0 Å². The number of hydrogen-bond acceptors (Lipinski definition) is 3. The van der Waals surface area contributed by atoms with E-state index in [2.05, 4.69) is 0 Å². The Labute approximate surface area is 90.6 Å². The summed E-state index contributed by atoms with van der Waals surface area (Å²) in [7, 11) is 0. The van der Waals surface area contributed by atoms with Crippen molar-refractivity contribution in [2.75, 3.05) is 6.61 Å². The lowest BCUT2D eigenvalue weighted by molar-refractivity contribution is -0.148. The van der Waals surface area contributed by atoms with E-state index in [0.29, 0.717) is 19.4 Å². The normalized spacial score (nSPS) is 11.4. The molecule has 0 aromatic heterocycles. The molecule has 88 valence electrons. The van der Waals surface area contributed by atoms with Gasteiger partial charge in [-0.1, -0.05) is 13.8 Å². The molecule has 0 aliphatic carbocycles. The van der Waals surface area contributed by atoms with E-state index in [1.807, 2.05) is 20.8 Å². The van der Waals surface area contributed by atoms with Gasteiger partial charge in [0.2, 0.25) is 0 Å². The highest BCUT2D eigenvalue weighted by atomic mass is 16.5. The first-order valence-electron chi connectivity index (χ1n) is 5.41. The van der Waals surface area contributed by atoms with Gasteiger partial charge in [-0.3, -0.25) is 9.59 Å². The van der Waals surface area contributed by atoms with E-state index in [-0.39, 0.29) is 18.6 Å². The van der Waals surface area contributed by atoms with Crippen LogP contribution in [0.2, 0.25) is 0 Å². The molecule has 0 aliphatic heterocycles. The molecule has 15 heavy (non-hydrogen) atoms. The zero-order valence-corrected chi connectivity index (χ0v) is 9.71. The van der Waals surface area contributed by atoms with Crippen molar-refractivity contribution >= 4 is 11.8 Å². The summed E-state index contributed by atoms with van der Waals surface area (Å²) in [5.74, 6) is -1.04. The Kier molecular flexibility index (Phi) is 6.17. The smallest absolute Gasteiger partial charge is 0.303 e. The van der Waals surface area contributed by atoms with Crippen LogP contribution in [0.3, 0.4) is 0 Å². The summed E-state index contributed by atoms with van der Waals surface area (Å²) in [5.41, 5.74) is -0.774. The second-order valence-corrected chi connectivity index (χ2v) is 3.45. The fraction of sp³-hybridized carbons (Fsp3) is 0.818. The van der Waals surface area contributed by atoms with Crippen molar-refractivity contribution in [1.29, 1.82) is 0 Å². The average molecular weight is 216 g/mol. The van der Waals surface area contributed by atoms with Crippen LogP contribution in [-0.4, -0.2) is 29.1 Å². The molecule has 4 nitrogen and oxygen atoms in total. The Morgan fingerprint density at radius 2 is 1.67 bits per heavy atom. The van der Waals surface area contributed by atoms with Crippen LogP contribution in [0.5, 0.6) is 0 Å². The summed E-state index contributed by atoms with van der Waals surface area (Å²) >= 11 is 0. The van der Waals surface area contributed by atoms with E-state index in [9.17, 15) is 9.59 Å². The van der Waals surface area contributed by atoms with Crippen LogP contribution in [0.15, 0.2) is 0 Å². The van der Waals surface area contributed by atoms with Gasteiger partial charge in [-0.25, -0.2) is 0 Å². The first-order chi connectivity index (χ1) is 7.02. The summed E-state index contributed by atoms with van der Waals surface area (Å²) in [4.78, 5) is 22.2. The zero-order valence-electron chi connectivity index (χ0n) is 9.71. The number of rotatable bonds is 8. The Balaban J connectivity index is 4.46. The highest BCUT2D eigenvalue weighted by Gasteiger charge is 2.34. The Hall–Kier alpha value is -0.900. The SMILES string of the molecule is CCOC(CC)(CC)C(=O)CCC(=O)O. The number of ketones is 1. The van der Waals surface area contributed by atoms with Gasteiger partial charge >= 0.3 is 5.97 Å². The number of carbonyl (C=O) groups excluding carboxylic acids is 1. The van der Waals surface area contributed by atoms with E-state index >= 15 is 0 Å². The topological polar surface area (TPSA) is 63.6 Å². The standard InChI is InChI=1S/C11H20O4/c1-4-11(5-2,15-6-3)9(12)7-8-10(13)14/h4-8H2,1-3H3,(H,13,14). The fourth-order valence-electron chi connectivity index (χ4n) is 1.65. The fourth-order valence-corrected chi connectivity index (χ4v) is 1.65. The first kappa shape index (κ1) is 14.1. The van der Waals surface area contributed by atoms with Crippen molar-refractivity contribution in [3.8, 4) is 0 Å². The van der Waals surface area contributed by atoms with E-state index in [4.69, 9.17) is 9.84 Å². The highest BCUT2D eigenvalue weighted by Crippen LogP contribution is 2.23. The third kappa shape index (κ3) is 4.00. The van der Waals surface area contributed by atoms with Crippen LogP contribution in [0.4, 0.5) is 0 Å². The van der Waals surface area contributed by atoms with E-state index < -0.39 is 11.6 Å². The van der Waals surface area contributed by atoms with Crippen molar-refractivity contribution in [1.82, 2.24) is 0 Å². The second kappa shape index (κ2) is 6.56. The van der Waals surface area contributed by atoms with Gasteiger partial charge in [-0.05, 0) is 19.8 Å². The lowest BCUT2D eigenvalue weighted by Gasteiger charge is -2.29. The van der Waals surface area contributed by atoms with Crippen LogP contribution in [0.25, 0.3) is 0 Å². The minimum absolute atomic E-state index is 0.0526. The molecule has 0 aliphatic rings. The van der Waals surface area contributed by atoms with E-state index in [1.54, 1.807) is 0 Å². The largest absolute Gasteiger partial charge is 0.481 e. The molecular formula is C11H20O4. The molecule has 0 rings (SSSR count). The maximum absolute atomic E-state index is 11.8. The summed E-state index contributed by atoms with van der Waals surface area (Å²) in [5, 5.41) is 8.51. The van der Waals surface area contributed by atoms with E-state index in [1.165, 1.54) is 0 Å². The number of Topliss-reactive ketones (excluding diaryl/α,β-unsaturated/α-hetero) is 1. The molecule has 0 bridgehead atoms. The molecule has 0 amide bonds. The molecule has 0 saturated carbocycles. The number of aliphatic carboxylic acids is 1. The Morgan fingerprint density at radius 1 is 1.13 bits per heavy atom. The minimum atomic E-state index is -0.944. The van der Waals surface area contributed by atoms with Crippen LogP contribution in [0, 0.1) is 0 Å². The lowest BCUT2D eigenvalue weighted by Crippen LogP contribution is -2.40. The summed E-state index contributed by atoms with van der Waals surface area (Å²) in [6.07, 6.45) is 1.12. The molecule has 0 unspecified atom stereocenters. The number of carboxylic acids is 1. The van der Waals surface area contributed by atoms with Gasteiger partial charge in [0.05, 0.1) is 6.42 Å². The van der Waals surface area contributed by atoms with Crippen molar-refractivity contribution in [2.45, 2.75) is 52.1 Å². The van der Waals surface area contributed by atoms with Gasteiger partial charge in [0.15, 0.2) is 5.78 Å². The Morgan fingerprint density at radius 3 is 2.00 bits per heavy atom. The third-order valence-electron chi connectivity index (χ3n) is 2.64. The molecule has 0 aromatic rings. The number of hydrogen-bond donors (Lipinski definition) is 1. The van der Waals surface area contributed by atoms with Gasteiger partial charge in [-0.15, -0.1) is 0 Å². The van der Waals surface area contributed by atoms with Crippen molar-refractivity contribution in [3.05, 3.63) is 0 Å². The van der Waals surface area contributed by atoms with Gasteiger partial charge in [0.1, 0.15) is 5.60 Å². The molecule has 0 fully saturated rings. The second-order valence-electron chi connectivity index (χ2n) is 3.45. The number of ether oxygens (including phenoxy) is 1. The summed E-state index contributed by atoms with van der Waals surface area (Å²) in [6.45, 7) is 6.08. The quantitative estimate of drug-likeness (QED) is 0.674. The van der Waals surface area contributed by atoms with Crippen LogP contribution in [0.1, 0.15) is 46.5 Å². The van der Waals surface area contributed by atoms with Crippen molar-refractivity contribution < 1.29 is 19.4 Å². The molecule has 4 heteroatoms. The van der Waals surface area contributed by atoms with Gasteiger partial charge in [0.25, 0.3) is 0 Å². The van der Waals surface area contributed by atoms with Gasteiger partial charge in [-0.2, -0.15) is 0 Å².